The number of nitrogens with zero attached hydrogens (tertiary/aromatic N) is 2. The number of piperazine rings is 1. The van der Waals surface area contributed by atoms with Crippen molar-refractivity contribution in [3.63, 3.8) is 0 Å². The van der Waals surface area contributed by atoms with E-state index in [2.05, 4.69) is 0 Å². The summed E-state index contributed by atoms with van der Waals surface area (Å²) < 4.78 is 29.5. The lowest BCUT2D eigenvalue weighted by molar-refractivity contribution is 0.0407. The maximum Gasteiger partial charge on any atom is 0.258 e. The van der Waals surface area contributed by atoms with E-state index in [0.717, 1.165) is 5.56 Å². The Balaban J connectivity index is 1.95. The molecule has 0 bridgehead atoms. The Kier molecular flexibility index (Phi) is 4.10. The van der Waals surface area contributed by atoms with E-state index < -0.39 is 9.84 Å². The van der Waals surface area contributed by atoms with Gasteiger partial charge in [-0.1, -0.05) is 12.1 Å². The molecule has 2 fully saturated rings. The summed E-state index contributed by atoms with van der Waals surface area (Å²) in [7, 11) is 0.371. The number of hydrogen-bond acceptors (Lipinski definition) is 5. The summed E-state index contributed by atoms with van der Waals surface area (Å²) in [4.78, 5) is 16.8. The molecule has 6 nitrogen and oxygen atoms in total. The zero-order valence-electron chi connectivity index (χ0n) is 13.7. The number of amides is 1. The Morgan fingerprint density at radius 2 is 1.91 bits per heavy atom. The Morgan fingerprint density at radius 1 is 1.22 bits per heavy atom. The van der Waals surface area contributed by atoms with Gasteiger partial charge in [0.1, 0.15) is 5.75 Å². The summed E-state index contributed by atoms with van der Waals surface area (Å²) in [5.74, 6) is 0.588. The first-order valence-electron chi connectivity index (χ1n) is 7.69. The molecule has 0 saturated carbocycles. The molecule has 2 heterocycles. The van der Waals surface area contributed by atoms with E-state index in [0.29, 0.717) is 24.4 Å². The van der Waals surface area contributed by atoms with Crippen molar-refractivity contribution in [3.8, 4) is 5.75 Å². The van der Waals surface area contributed by atoms with Gasteiger partial charge in [0, 0.05) is 19.1 Å². The molecule has 2 aliphatic heterocycles. The molecule has 0 N–H and O–H groups in total. The highest BCUT2D eigenvalue weighted by molar-refractivity contribution is 7.91. The van der Waals surface area contributed by atoms with Gasteiger partial charge in [-0.25, -0.2) is 8.42 Å². The van der Waals surface area contributed by atoms with E-state index in [1.165, 1.54) is 0 Å². The minimum atomic E-state index is -3.10. The molecule has 0 spiro atoms. The van der Waals surface area contributed by atoms with E-state index in [1.54, 1.807) is 18.1 Å². The number of ether oxygens (including phenoxy) is 1. The molecule has 0 unspecified atom stereocenters. The predicted molar refractivity (Wildman–Crippen MR) is 87.6 cm³/mol. The molecule has 3 rings (SSSR count). The van der Waals surface area contributed by atoms with Crippen molar-refractivity contribution >= 4 is 15.7 Å². The lowest BCUT2D eigenvalue weighted by Gasteiger charge is -2.42. The van der Waals surface area contributed by atoms with E-state index in [4.69, 9.17) is 4.74 Å². The number of benzene rings is 1. The van der Waals surface area contributed by atoms with Crippen LogP contribution < -0.4 is 4.74 Å². The number of likely N-dealkylation sites (N-methyl/N-ethyl adjacent to an activating group) is 1. The molecular weight excluding hydrogens is 316 g/mol. The third kappa shape index (κ3) is 2.83. The third-order valence-corrected chi connectivity index (χ3v) is 6.56. The normalized spacial score (nSPS) is 26.8. The summed E-state index contributed by atoms with van der Waals surface area (Å²) >= 11 is 0. The van der Waals surface area contributed by atoms with E-state index in [1.807, 2.05) is 31.0 Å². The molecule has 2 saturated heterocycles. The number of hydrogen-bond donors (Lipinski definition) is 0. The predicted octanol–water partition coefficient (Wildman–Crippen LogP) is 0.557. The summed E-state index contributed by atoms with van der Waals surface area (Å²) in [6, 6.07) is 5.06. The topological polar surface area (TPSA) is 66.9 Å². The fourth-order valence-electron chi connectivity index (χ4n) is 3.63. The van der Waals surface area contributed by atoms with Gasteiger partial charge in [0.05, 0.1) is 30.2 Å². The van der Waals surface area contributed by atoms with Gasteiger partial charge >= 0.3 is 0 Å². The molecule has 126 valence electrons. The quantitative estimate of drug-likeness (QED) is 0.788. The van der Waals surface area contributed by atoms with Crippen molar-refractivity contribution < 1.29 is 17.9 Å². The summed E-state index contributed by atoms with van der Waals surface area (Å²) in [6.07, 6.45) is 0. The first-order valence-corrected chi connectivity index (χ1v) is 9.51. The summed E-state index contributed by atoms with van der Waals surface area (Å²) in [5.41, 5.74) is 1.39. The van der Waals surface area contributed by atoms with E-state index in [9.17, 15) is 13.2 Å². The van der Waals surface area contributed by atoms with Crippen LogP contribution in [0.2, 0.25) is 0 Å². The van der Waals surface area contributed by atoms with Crippen LogP contribution in [0, 0.1) is 6.92 Å². The van der Waals surface area contributed by atoms with Crippen LogP contribution >= 0.6 is 0 Å². The van der Waals surface area contributed by atoms with Crippen molar-refractivity contribution in [3.05, 3.63) is 29.3 Å². The third-order valence-electron chi connectivity index (χ3n) is 4.86. The maximum atomic E-state index is 13.0. The number of fused-ring (bicyclic) bond motifs is 1. The van der Waals surface area contributed by atoms with Gasteiger partial charge in [-0.2, -0.15) is 0 Å². The number of para-hydroxylation sites is 1. The largest absolute Gasteiger partial charge is 0.496 e. The Labute approximate surface area is 136 Å². The van der Waals surface area contributed by atoms with Crippen molar-refractivity contribution in [1.29, 1.82) is 0 Å². The minimum absolute atomic E-state index is 0.0435. The van der Waals surface area contributed by atoms with Crippen LogP contribution in [-0.2, 0) is 9.84 Å². The average molecular weight is 338 g/mol. The summed E-state index contributed by atoms with van der Waals surface area (Å²) in [6.45, 7) is 3.10. The average Bonchev–Trinajstić information content (AvgIpc) is 2.83. The lowest BCUT2D eigenvalue weighted by atomic mass is 10.0. The van der Waals surface area contributed by atoms with Crippen molar-refractivity contribution in [1.82, 2.24) is 9.80 Å². The van der Waals surface area contributed by atoms with Crippen molar-refractivity contribution in [2.45, 2.75) is 19.0 Å². The maximum absolute atomic E-state index is 13.0. The molecule has 0 aliphatic carbocycles. The van der Waals surface area contributed by atoms with Gasteiger partial charge < -0.3 is 9.64 Å². The zero-order valence-corrected chi connectivity index (χ0v) is 14.5. The molecule has 0 aromatic heterocycles. The number of sulfone groups is 1. The molecule has 2 aliphatic rings. The van der Waals surface area contributed by atoms with Crippen LogP contribution in [-0.4, -0.2) is 75.0 Å². The Bertz CT molecular complexity index is 732. The van der Waals surface area contributed by atoms with Gasteiger partial charge in [0.25, 0.3) is 5.91 Å². The second-order valence-electron chi connectivity index (χ2n) is 6.35. The number of carbonyl (C=O) groups is 1. The lowest BCUT2D eigenvalue weighted by Crippen LogP contribution is -2.59. The monoisotopic (exact) mass is 338 g/mol. The molecule has 7 heteroatoms. The fourth-order valence-corrected chi connectivity index (χ4v) is 5.68. The standard InChI is InChI=1S/C16H22N2O4S/c1-11-5-4-6-12(15(11)22-3)16(19)18-8-7-17(2)13-9-23(20,21)10-14(13)18/h4-6,13-14H,7-10H2,1-3H3/t13-,14+/m1/s1. The second-order valence-corrected chi connectivity index (χ2v) is 8.50. The van der Waals surface area contributed by atoms with Crippen molar-refractivity contribution in [2.75, 3.05) is 38.8 Å². The van der Waals surface area contributed by atoms with Crippen molar-refractivity contribution in [2.24, 2.45) is 0 Å². The highest BCUT2D eigenvalue weighted by atomic mass is 32.2. The number of rotatable bonds is 2. The van der Waals surface area contributed by atoms with Gasteiger partial charge in [0.2, 0.25) is 0 Å². The van der Waals surface area contributed by atoms with Crippen LogP contribution in [0.3, 0.4) is 0 Å². The molecule has 2 atom stereocenters. The molecule has 1 amide bonds. The second kappa shape index (κ2) is 5.79. The van der Waals surface area contributed by atoms with Gasteiger partial charge in [-0.05, 0) is 25.6 Å². The molecule has 1 aromatic carbocycles. The van der Waals surface area contributed by atoms with Gasteiger partial charge in [-0.3, -0.25) is 9.69 Å². The van der Waals surface area contributed by atoms with Gasteiger partial charge in [-0.15, -0.1) is 0 Å². The molecular formula is C16H22N2O4S. The van der Waals surface area contributed by atoms with Crippen LogP contribution in [0.5, 0.6) is 5.75 Å². The molecule has 1 aromatic rings. The van der Waals surface area contributed by atoms with E-state index in [-0.39, 0.29) is 29.5 Å². The highest BCUT2D eigenvalue weighted by Crippen LogP contribution is 2.30. The number of carbonyl (C=O) groups excluding carboxylic acids is 1. The Hall–Kier alpha value is -1.60. The minimum Gasteiger partial charge on any atom is -0.496 e. The first-order chi connectivity index (χ1) is 10.8. The zero-order chi connectivity index (χ0) is 16.8. The number of methoxy groups -OCH3 is 1. The first kappa shape index (κ1) is 16.3. The van der Waals surface area contributed by atoms with Crippen LogP contribution in [0.15, 0.2) is 18.2 Å². The SMILES string of the molecule is COc1c(C)cccc1C(=O)N1CCN(C)[C@@H]2CS(=O)(=O)C[C@@H]21. The smallest absolute Gasteiger partial charge is 0.258 e. The van der Waals surface area contributed by atoms with Crippen LogP contribution in [0.25, 0.3) is 0 Å². The molecule has 0 radical (unpaired) electrons. The highest BCUT2D eigenvalue weighted by Gasteiger charge is 2.47. The number of aryl methyl sites for hydroxylation is 1. The van der Waals surface area contributed by atoms with Crippen LogP contribution in [0.4, 0.5) is 0 Å². The fraction of sp³-hybridized carbons (Fsp3) is 0.562. The Morgan fingerprint density at radius 3 is 2.61 bits per heavy atom. The van der Waals surface area contributed by atoms with E-state index >= 15 is 0 Å². The van der Waals surface area contributed by atoms with Gasteiger partial charge in [0.15, 0.2) is 9.84 Å². The summed E-state index contributed by atoms with van der Waals surface area (Å²) in [5, 5.41) is 0. The molecule has 23 heavy (non-hydrogen) atoms. The van der Waals surface area contributed by atoms with Crippen LogP contribution in [0.1, 0.15) is 15.9 Å².